The molecule has 4 nitrogen and oxygen atoms in total. The third-order valence-corrected chi connectivity index (χ3v) is 4.38. The number of anilines is 1. The van der Waals surface area contributed by atoms with Crippen LogP contribution in [0.5, 0.6) is 0 Å². The molecule has 0 aliphatic heterocycles. The molecule has 0 unspecified atom stereocenters. The Morgan fingerprint density at radius 1 is 1.43 bits per heavy atom. The Morgan fingerprint density at radius 2 is 2.14 bits per heavy atom. The maximum absolute atomic E-state index is 11.4. The van der Waals surface area contributed by atoms with Gasteiger partial charge in [0.15, 0.2) is 0 Å². The number of hydrogen-bond acceptors (Lipinski definition) is 3. The normalized spacial score (nSPS) is 15.3. The van der Waals surface area contributed by atoms with Crippen molar-refractivity contribution in [1.29, 1.82) is 0 Å². The Bertz CT molecular complexity index is 486. The molecule has 5 heteroatoms. The van der Waals surface area contributed by atoms with Gasteiger partial charge in [-0.15, -0.1) is 0 Å². The zero-order valence-electron chi connectivity index (χ0n) is 12.6. The van der Waals surface area contributed by atoms with Crippen molar-refractivity contribution < 1.29 is 4.79 Å². The Balaban J connectivity index is 2.18. The summed E-state index contributed by atoms with van der Waals surface area (Å²) in [5.41, 5.74) is 7.48. The smallest absolute Gasteiger partial charge is 0.236 e. The molecule has 3 N–H and O–H groups in total. The minimum Gasteiger partial charge on any atom is -0.368 e. The number of carbonyl (C=O) groups is 1. The average Bonchev–Trinajstić information content (AvgIpc) is 2.97. The molecule has 0 aromatic heterocycles. The van der Waals surface area contributed by atoms with E-state index in [1.54, 1.807) is 0 Å². The second kappa shape index (κ2) is 7.66. The first-order valence-electron chi connectivity index (χ1n) is 7.66. The lowest BCUT2D eigenvalue weighted by molar-refractivity contribution is -0.116. The predicted molar refractivity (Wildman–Crippen MR) is 87.6 cm³/mol. The van der Waals surface area contributed by atoms with Gasteiger partial charge in [0.05, 0.1) is 6.54 Å². The van der Waals surface area contributed by atoms with Gasteiger partial charge in [-0.05, 0) is 37.1 Å². The minimum absolute atomic E-state index is 0.257. The van der Waals surface area contributed by atoms with Crippen molar-refractivity contribution >= 4 is 23.2 Å². The third-order valence-electron chi connectivity index (χ3n) is 4.03. The van der Waals surface area contributed by atoms with Gasteiger partial charge >= 0.3 is 0 Å². The second-order valence-electron chi connectivity index (χ2n) is 5.59. The van der Waals surface area contributed by atoms with Gasteiger partial charge in [0.2, 0.25) is 5.91 Å². The van der Waals surface area contributed by atoms with Crippen LogP contribution in [0.1, 0.15) is 38.2 Å². The van der Waals surface area contributed by atoms with Gasteiger partial charge in [0.1, 0.15) is 0 Å². The fourth-order valence-corrected chi connectivity index (χ4v) is 3.17. The molecule has 1 aliphatic rings. The molecule has 1 fully saturated rings. The summed E-state index contributed by atoms with van der Waals surface area (Å²) < 4.78 is 0. The van der Waals surface area contributed by atoms with Crippen LogP contribution in [0.4, 0.5) is 5.69 Å². The number of halogens is 1. The molecule has 1 aromatic rings. The number of carbonyl (C=O) groups excluding carboxylic acids is 1. The summed E-state index contributed by atoms with van der Waals surface area (Å²) in [5, 5.41) is 4.01. The Labute approximate surface area is 131 Å². The van der Waals surface area contributed by atoms with Crippen molar-refractivity contribution in [1.82, 2.24) is 5.32 Å². The molecule has 0 saturated heterocycles. The Morgan fingerprint density at radius 3 is 2.71 bits per heavy atom. The fraction of sp³-hybridized carbons (Fsp3) is 0.562. The van der Waals surface area contributed by atoms with Crippen molar-refractivity contribution in [2.75, 3.05) is 18.0 Å². The first-order chi connectivity index (χ1) is 10.1. The Hall–Kier alpha value is -1.26. The maximum atomic E-state index is 11.4. The van der Waals surface area contributed by atoms with Gasteiger partial charge in [-0.2, -0.15) is 0 Å². The highest BCUT2D eigenvalue weighted by atomic mass is 35.5. The highest BCUT2D eigenvalue weighted by molar-refractivity contribution is 6.31. The molecule has 0 atom stereocenters. The van der Waals surface area contributed by atoms with Crippen molar-refractivity contribution in [2.45, 2.75) is 45.2 Å². The van der Waals surface area contributed by atoms with E-state index >= 15 is 0 Å². The number of nitrogens with two attached hydrogens (primary N) is 1. The standard InChI is InChI=1S/C16H24ClN3O/c1-2-19-10-12-7-8-14(9-15(12)17)20(11-16(18)21)13-5-3-4-6-13/h7-9,13,19H,2-6,10-11H2,1H3,(H2,18,21). The predicted octanol–water partition coefficient (Wildman–Crippen LogP) is 2.68. The first kappa shape index (κ1) is 16.1. The van der Waals surface area contributed by atoms with Gasteiger partial charge in [0, 0.05) is 23.3 Å². The van der Waals surface area contributed by atoms with E-state index in [4.69, 9.17) is 17.3 Å². The minimum atomic E-state index is -0.297. The molecule has 0 radical (unpaired) electrons. The summed E-state index contributed by atoms with van der Waals surface area (Å²) in [6, 6.07) is 6.42. The van der Waals surface area contributed by atoms with Crippen LogP contribution in [-0.4, -0.2) is 25.0 Å². The van der Waals surface area contributed by atoms with Gasteiger partial charge in [-0.1, -0.05) is 37.4 Å². The van der Waals surface area contributed by atoms with Crippen LogP contribution in [0.15, 0.2) is 18.2 Å². The number of hydrogen-bond donors (Lipinski definition) is 2. The van der Waals surface area contributed by atoms with E-state index in [2.05, 4.69) is 17.1 Å². The molecular weight excluding hydrogens is 286 g/mol. The molecule has 1 saturated carbocycles. The van der Waals surface area contributed by atoms with Crippen LogP contribution in [-0.2, 0) is 11.3 Å². The molecule has 0 bridgehead atoms. The van der Waals surface area contributed by atoms with E-state index in [9.17, 15) is 4.79 Å². The topological polar surface area (TPSA) is 58.4 Å². The van der Waals surface area contributed by atoms with Gasteiger partial charge in [0.25, 0.3) is 0 Å². The molecule has 116 valence electrons. The lowest BCUT2D eigenvalue weighted by atomic mass is 10.1. The van der Waals surface area contributed by atoms with Crippen LogP contribution in [0.3, 0.4) is 0 Å². The fourth-order valence-electron chi connectivity index (χ4n) is 2.93. The van der Waals surface area contributed by atoms with Crippen LogP contribution in [0.2, 0.25) is 5.02 Å². The van der Waals surface area contributed by atoms with Gasteiger partial charge in [-0.25, -0.2) is 0 Å². The summed E-state index contributed by atoms with van der Waals surface area (Å²) in [7, 11) is 0. The maximum Gasteiger partial charge on any atom is 0.236 e. The lowest BCUT2D eigenvalue weighted by Gasteiger charge is -2.30. The molecule has 21 heavy (non-hydrogen) atoms. The van der Waals surface area contributed by atoms with Gasteiger partial charge < -0.3 is 16.0 Å². The summed E-state index contributed by atoms with van der Waals surface area (Å²) in [6.07, 6.45) is 4.66. The van der Waals surface area contributed by atoms with Crippen LogP contribution in [0, 0.1) is 0 Å². The summed E-state index contributed by atoms with van der Waals surface area (Å²) in [5.74, 6) is -0.297. The van der Waals surface area contributed by atoms with Crippen molar-refractivity contribution in [3.63, 3.8) is 0 Å². The highest BCUT2D eigenvalue weighted by Gasteiger charge is 2.24. The number of nitrogens with zero attached hydrogens (tertiary/aromatic N) is 1. The van der Waals surface area contributed by atoms with E-state index in [0.717, 1.165) is 42.2 Å². The molecule has 1 aliphatic carbocycles. The van der Waals surface area contributed by atoms with Crippen LogP contribution in [0.25, 0.3) is 0 Å². The number of rotatable bonds is 7. The van der Waals surface area contributed by atoms with E-state index in [-0.39, 0.29) is 12.5 Å². The van der Waals surface area contributed by atoms with Crippen molar-refractivity contribution in [2.24, 2.45) is 5.73 Å². The molecule has 2 rings (SSSR count). The van der Waals surface area contributed by atoms with E-state index in [0.29, 0.717) is 6.04 Å². The zero-order valence-corrected chi connectivity index (χ0v) is 13.3. The summed E-state index contributed by atoms with van der Waals surface area (Å²) >= 11 is 6.37. The molecule has 1 aromatic carbocycles. The largest absolute Gasteiger partial charge is 0.368 e. The lowest BCUT2D eigenvalue weighted by Crippen LogP contribution is -2.40. The number of benzene rings is 1. The summed E-state index contributed by atoms with van der Waals surface area (Å²) in [4.78, 5) is 13.5. The molecule has 0 spiro atoms. The van der Waals surface area contributed by atoms with Gasteiger partial charge in [-0.3, -0.25) is 4.79 Å². The number of nitrogens with one attached hydrogen (secondary N) is 1. The third kappa shape index (κ3) is 4.35. The SMILES string of the molecule is CCNCc1ccc(N(CC(N)=O)C2CCCC2)cc1Cl. The molecule has 0 heterocycles. The highest BCUT2D eigenvalue weighted by Crippen LogP contribution is 2.30. The van der Waals surface area contributed by atoms with Crippen molar-refractivity contribution in [3.05, 3.63) is 28.8 Å². The second-order valence-corrected chi connectivity index (χ2v) is 6.00. The Kier molecular flexibility index (Phi) is 5.88. The molecule has 1 amide bonds. The van der Waals surface area contributed by atoms with Crippen molar-refractivity contribution in [3.8, 4) is 0 Å². The monoisotopic (exact) mass is 309 g/mol. The zero-order chi connectivity index (χ0) is 15.2. The first-order valence-corrected chi connectivity index (χ1v) is 8.03. The average molecular weight is 310 g/mol. The number of amides is 1. The number of primary amides is 1. The summed E-state index contributed by atoms with van der Waals surface area (Å²) in [6.45, 7) is 3.99. The van der Waals surface area contributed by atoms with Crippen LogP contribution < -0.4 is 16.0 Å². The quantitative estimate of drug-likeness (QED) is 0.814. The van der Waals surface area contributed by atoms with E-state index < -0.39 is 0 Å². The molecular formula is C16H24ClN3O. The van der Waals surface area contributed by atoms with E-state index in [1.165, 1.54) is 12.8 Å². The van der Waals surface area contributed by atoms with E-state index in [1.807, 2.05) is 18.2 Å². The van der Waals surface area contributed by atoms with Crippen LogP contribution >= 0.6 is 11.6 Å².